The lowest BCUT2D eigenvalue weighted by Crippen LogP contribution is -2.55. The smallest absolute Gasteiger partial charge is 0.233 e. The van der Waals surface area contributed by atoms with E-state index in [0.717, 1.165) is 42.7 Å². The van der Waals surface area contributed by atoms with Crippen LogP contribution in [0.1, 0.15) is 56.6 Å². The fourth-order valence-corrected chi connectivity index (χ4v) is 6.44. The van der Waals surface area contributed by atoms with Gasteiger partial charge in [0.1, 0.15) is 5.82 Å². The number of halogens is 1. The molecule has 4 aliphatic carbocycles. The van der Waals surface area contributed by atoms with E-state index in [9.17, 15) is 14.3 Å². The first-order valence-electron chi connectivity index (χ1n) is 9.33. The second kappa shape index (κ2) is 5.04. The Balaban J connectivity index is 1.51. The number of benzene rings is 1. The van der Waals surface area contributed by atoms with Crippen LogP contribution in [-0.4, -0.2) is 17.6 Å². The van der Waals surface area contributed by atoms with Gasteiger partial charge in [-0.3, -0.25) is 4.79 Å². The molecule has 1 N–H and O–H groups in total. The Morgan fingerprint density at radius 1 is 1.12 bits per heavy atom. The summed E-state index contributed by atoms with van der Waals surface area (Å²) in [5, 5.41) is 10.2. The summed E-state index contributed by atoms with van der Waals surface area (Å²) in [5.41, 5.74) is 1.10. The number of hydrogen-bond acceptors (Lipinski definition) is 2. The number of nitrogens with zero attached hydrogens (tertiary/aromatic N) is 1. The molecule has 1 atom stereocenters. The number of hydrogen-bond donors (Lipinski definition) is 1. The van der Waals surface area contributed by atoms with E-state index in [0.29, 0.717) is 18.5 Å². The van der Waals surface area contributed by atoms with Gasteiger partial charge in [-0.25, -0.2) is 4.39 Å². The van der Waals surface area contributed by atoms with Crippen molar-refractivity contribution in [3.63, 3.8) is 0 Å². The van der Waals surface area contributed by atoms with Crippen LogP contribution < -0.4 is 4.90 Å². The van der Waals surface area contributed by atoms with Crippen LogP contribution in [-0.2, 0) is 4.79 Å². The number of amides is 1. The summed E-state index contributed by atoms with van der Waals surface area (Å²) in [7, 11) is 0. The summed E-state index contributed by atoms with van der Waals surface area (Å²) in [6, 6.07) is 4.46. The molecule has 4 fully saturated rings. The van der Waals surface area contributed by atoms with Crippen molar-refractivity contribution < 1.29 is 14.3 Å². The lowest BCUT2D eigenvalue weighted by Gasteiger charge is -2.57. The molecule has 1 aromatic rings. The number of rotatable bonds is 1. The van der Waals surface area contributed by atoms with E-state index in [2.05, 4.69) is 0 Å². The normalized spacial score (nSPS) is 39.8. The van der Waals surface area contributed by atoms with Gasteiger partial charge in [0.05, 0.1) is 11.5 Å². The highest BCUT2D eigenvalue weighted by atomic mass is 19.1. The Bertz CT molecular complexity index is 666. The first-order valence-corrected chi connectivity index (χ1v) is 9.33. The second-order valence-corrected chi connectivity index (χ2v) is 8.66. The van der Waals surface area contributed by atoms with Crippen LogP contribution in [0.5, 0.6) is 0 Å². The van der Waals surface area contributed by atoms with Crippen LogP contribution in [0.4, 0.5) is 10.1 Å². The number of fused-ring (bicyclic) bond motifs is 1. The van der Waals surface area contributed by atoms with Crippen LogP contribution in [0, 0.1) is 29.0 Å². The van der Waals surface area contributed by atoms with E-state index in [1.807, 2.05) is 4.90 Å². The van der Waals surface area contributed by atoms with Gasteiger partial charge in [-0.15, -0.1) is 0 Å². The summed E-state index contributed by atoms with van der Waals surface area (Å²) in [6.07, 6.45) is 6.87. The Labute approximate surface area is 141 Å². The van der Waals surface area contributed by atoms with Gasteiger partial charge in [0, 0.05) is 17.8 Å². The minimum Gasteiger partial charge on any atom is -0.388 e. The molecule has 0 aromatic heterocycles. The Kier molecular flexibility index (Phi) is 3.13. The first-order chi connectivity index (χ1) is 11.5. The van der Waals surface area contributed by atoms with Crippen LogP contribution in [0.3, 0.4) is 0 Å². The molecule has 24 heavy (non-hydrogen) atoms. The van der Waals surface area contributed by atoms with Crippen LogP contribution >= 0.6 is 0 Å². The van der Waals surface area contributed by atoms with E-state index < -0.39 is 6.10 Å². The summed E-state index contributed by atoms with van der Waals surface area (Å²) in [5.74, 6) is 2.06. The highest BCUT2D eigenvalue weighted by molar-refractivity contribution is 5.99. The Morgan fingerprint density at radius 3 is 2.38 bits per heavy atom. The van der Waals surface area contributed by atoms with Crippen molar-refractivity contribution in [2.45, 2.75) is 51.0 Å². The summed E-state index contributed by atoms with van der Waals surface area (Å²) >= 11 is 0. The van der Waals surface area contributed by atoms with Gasteiger partial charge in [0.25, 0.3) is 0 Å². The van der Waals surface area contributed by atoms with Crippen LogP contribution in [0.15, 0.2) is 18.2 Å². The molecule has 0 spiro atoms. The van der Waals surface area contributed by atoms with Gasteiger partial charge >= 0.3 is 0 Å². The molecule has 5 aliphatic rings. The highest BCUT2D eigenvalue weighted by Gasteiger charge is 2.56. The average molecular weight is 329 g/mol. The minimum atomic E-state index is -0.670. The van der Waals surface area contributed by atoms with Crippen molar-refractivity contribution >= 4 is 11.6 Å². The second-order valence-electron chi connectivity index (χ2n) is 8.66. The monoisotopic (exact) mass is 329 g/mol. The van der Waals surface area contributed by atoms with Crippen molar-refractivity contribution in [3.05, 3.63) is 29.6 Å². The summed E-state index contributed by atoms with van der Waals surface area (Å²) in [4.78, 5) is 15.4. The lowest BCUT2D eigenvalue weighted by molar-refractivity contribution is -0.143. The number of aliphatic hydroxyl groups is 1. The van der Waals surface area contributed by atoms with Gasteiger partial charge in [-0.05, 0) is 80.9 Å². The highest BCUT2D eigenvalue weighted by Crippen LogP contribution is 2.61. The topological polar surface area (TPSA) is 40.5 Å². The molecule has 1 unspecified atom stereocenters. The predicted molar refractivity (Wildman–Crippen MR) is 88.9 cm³/mol. The Morgan fingerprint density at radius 2 is 1.75 bits per heavy atom. The average Bonchev–Trinajstić information content (AvgIpc) is 2.54. The SMILES string of the molecule is O=C(N1CCC(O)c2cc(F)ccc21)C12CC3CC(CC(C3)C1)C2. The molecular weight excluding hydrogens is 305 g/mol. The van der Waals surface area contributed by atoms with E-state index in [-0.39, 0.29) is 17.1 Å². The Hall–Kier alpha value is -1.42. The van der Waals surface area contributed by atoms with Crippen molar-refractivity contribution in [2.75, 3.05) is 11.4 Å². The molecule has 4 heteroatoms. The molecule has 0 radical (unpaired) electrons. The van der Waals surface area contributed by atoms with Crippen molar-refractivity contribution in [1.82, 2.24) is 0 Å². The molecule has 1 amide bonds. The summed E-state index contributed by atoms with van der Waals surface area (Å²) in [6.45, 7) is 0.542. The molecule has 128 valence electrons. The molecule has 6 rings (SSSR count). The van der Waals surface area contributed by atoms with Crippen LogP contribution in [0.25, 0.3) is 0 Å². The van der Waals surface area contributed by atoms with E-state index >= 15 is 0 Å². The zero-order chi connectivity index (χ0) is 16.5. The van der Waals surface area contributed by atoms with Gasteiger partial charge in [-0.2, -0.15) is 0 Å². The number of aliphatic hydroxyl groups excluding tert-OH is 1. The number of anilines is 1. The molecular formula is C20H24FNO2. The van der Waals surface area contributed by atoms with E-state index in [4.69, 9.17) is 0 Å². The third kappa shape index (κ3) is 2.08. The molecule has 4 bridgehead atoms. The predicted octanol–water partition coefficient (Wildman–Crippen LogP) is 3.81. The minimum absolute atomic E-state index is 0.192. The fraction of sp³-hybridized carbons (Fsp3) is 0.650. The van der Waals surface area contributed by atoms with Crippen LogP contribution in [0.2, 0.25) is 0 Å². The number of carbonyl (C=O) groups excluding carboxylic acids is 1. The van der Waals surface area contributed by atoms with E-state index in [1.54, 1.807) is 6.07 Å². The third-order valence-corrected chi connectivity index (χ3v) is 7.00. The zero-order valence-electron chi connectivity index (χ0n) is 13.9. The lowest BCUT2D eigenvalue weighted by atomic mass is 9.49. The maximum atomic E-state index is 13.6. The summed E-state index contributed by atoms with van der Waals surface area (Å²) < 4.78 is 13.6. The molecule has 1 aliphatic heterocycles. The molecule has 1 heterocycles. The first kappa shape index (κ1) is 14.9. The zero-order valence-corrected chi connectivity index (χ0v) is 13.9. The van der Waals surface area contributed by atoms with Gasteiger partial charge in [0.2, 0.25) is 5.91 Å². The van der Waals surface area contributed by atoms with Crippen molar-refractivity contribution in [1.29, 1.82) is 0 Å². The fourth-order valence-electron chi connectivity index (χ4n) is 6.44. The third-order valence-electron chi connectivity index (χ3n) is 7.00. The van der Waals surface area contributed by atoms with Crippen molar-refractivity contribution in [2.24, 2.45) is 23.2 Å². The van der Waals surface area contributed by atoms with Gasteiger partial charge < -0.3 is 10.0 Å². The van der Waals surface area contributed by atoms with Gasteiger partial charge in [-0.1, -0.05) is 0 Å². The molecule has 1 aromatic carbocycles. The molecule has 4 saturated carbocycles. The molecule has 3 nitrogen and oxygen atoms in total. The molecule has 0 saturated heterocycles. The maximum Gasteiger partial charge on any atom is 0.233 e. The standard InChI is InChI=1S/C20H24FNO2/c21-15-1-2-17-16(8-15)18(23)3-4-22(17)19(24)20-9-12-5-13(10-20)7-14(6-12)11-20/h1-2,8,12-14,18,23H,3-7,9-11H2. The quantitative estimate of drug-likeness (QED) is 0.851. The number of carbonyl (C=O) groups is 1. The maximum absolute atomic E-state index is 13.6. The van der Waals surface area contributed by atoms with Gasteiger partial charge in [0.15, 0.2) is 0 Å². The van der Waals surface area contributed by atoms with E-state index in [1.165, 1.54) is 31.4 Å². The van der Waals surface area contributed by atoms with Crippen molar-refractivity contribution in [3.8, 4) is 0 Å². The largest absolute Gasteiger partial charge is 0.388 e.